The Morgan fingerprint density at radius 3 is 2.62 bits per heavy atom. The third-order valence-corrected chi connectivity index (χ3v) is 2.91. The van der Waals surface area contributed by atoms with Gasteiger partial charge in [0.25, 0.3) is 0 Å². The monoisotopic (exact) mass is 296 g/mol. The third-order valence-electron chi connectivity index (χ3n) is 2.91. The van der Waals surface area contributed by atoms with Crippen molar-refractivity contribution in [3.63, 3.8) is 0 Å². The van der Waals surface area contributed by atoms with Crippen LogP contribution in [-0.4, -0.2) is 60.5 Å². The summed E-state index contributed by atoms with van der Waals surface area (Å²) in [6.45, 7) is 1.98. The summed E-state index contributed by atoms with van der Waals surface area (Å²) in [5, 5.41) is 21.1. The Balaban J connectivity index is 2.68. The minimum atomic E-state index is -1.02. The largest absolute Gasteiger partial charge is 0.478 e. The lowest BCUT2D eigenvalue weighted by atomic mass is 10.1. The van der Waals surface area contributed by atoms with E-state index in [0.717, 1.165) is 0 Å². The number of hydrogen-bond acceptors (Lipinski definition) is 4. The molecular formula is C14H20N2O5. The molecule has 7 nitrogen and oxygen atoms in total. The first-order valence-electron chi connectivity index (χ1n) is 6.38. The summed E-state index contributed by atoms with van der Waals surface area (Å²) in [4.78, 5) is 24.1. The highest BCUT2D eigenvalue weighted by molar-refractivity contribution is 5.92. The second-order valence-corrected chi connectivity index (χ2v) is 4.75. The summed E-state index contributed by atoms with van der Waals surface area (Å²) in [6.07, 6.45) is -0.763. The molecular weight excluding hydrogens is 276 g/mol. The van der Waals surface area contributed by atoms with E-state index in [-0.39, 0.29) is 18.7 Å². The number of amides is 2. The van der Waals surface area contributed by atoms with Crippen LogP contribution in [0.25, 0.3) is 0 Å². The number of benzene rings is 1. The van der Waals surface area contributed by atoms with Crippen molar-refractivity contribution in [2.45, 2.75) is 13.0 Å². The number of aryl methyl sites for hydroxylation is 1. The first-order chi connectivity index (χ1) is 9.85. The molecule has 1 atom stereocenters. The quantitative estimate of drug-likeness (QED) is 0.731. The first-order valence-corrected chi connectivity index (χ1v) is 6.38. The highest BCUT2D eigenvalue weighted by atomic mass is 16.5. The summed E-state index contributed by atoms with van der Waals surface area (Å²) >= 11 is 0. The third kappa shape index (κ3) is 5.05. The zero-order valence-electron chi connectivity index (χ0n) is 12.3. The number of urea groups is 1. The number of likely N-dealkylation sites (N-methyl/N-ethyl adjacent to an activating group) is 1. The number of methoxy groups -OCH3 is 1. The number of ether oxygens (including phenoxy) is 1. The van der Waals surface area contributed by atoms with Crippen LogP contribution in [0.15, 0.2) is 18.2 Å². The first kappa shape index (κ1) is 16.9. The molecule has 7 heteroatoms. The second-order valence-electron chi connectivity index (χ2n) is 4.75. The van der Waals surface area contributed by atoms with Crippen LogP contribution in [0.1, 0.15) is 15.9 Å². The summed E-state index contributed by atoms with van der Waals surface area (Å²) in [7, 11) is 3.02. The van der Waals surface area contributed by atoms with Gasteiger partial charge < -0.3 is 25.2 Å². The number of anilines is 1. The minimum absolute atomic E-state index is 0.131. The van der Waals surface area contributed by atoms with Gasteiger partial charge in [0.05, 0.1) is 24.8 Å². The highest BCUT2D eigenvalue weighted by Crippen LogP contribution is 2.17. The molecule has 21 heavy (non-hydrogen) atoms. The van der Waals surface area contributed by atoms with Gasteiger partial charge in [-0.2, -0.15) is 0 Å². The maximum atomic E-state index is 12.0. The SMILES string of the molecule is COCC(O)CN(C)C(=O)Nc1ccc(C(=O)O)cc1C. The molecule has 0 heterocycles. The highest BCUT2D eigenvalue weighted by Gasteiger charge is 2.15. The van der Waals surface area contributed by atoms with Gasteiger partial charge in [0.2, 0.25) is 0 Å². The molecule has 0 saturated carbocycles. The Bertz CT molecular complexity index is 518. The van der Waals surface area contributed by atoms with Crippen molar-refractivity contribution >= 4 is 17.7 Å². The van der Waals surface area contributed by atoms with Crippen LogP contribution in [0.2, 0.25) is 0 Å². The fourth-order valence-electron chi connectivity index (χ4n) is 1.79. The summed E-state index contributed by atoms with van der Waals surface area (Å²) in [5.41, 5.74) is 1.33. The number of nitrogens with one attached hydrogen (secondary N) is 1. The summed E-state index contributed by atoms with van der Waals surface area (Å²) in [5.74, 6) is -1.02. The average molecular weight is 296 g/mol. The predicted octanol–water partition coefficient (Wildman–Crippen LogP) is 1.16. The number of aliphatic hydroxyl groups excluding tert-OH is 1. The molecule has 1 rings (SSSR count). The van der Waals surface area contributed by atoms with E-state index in [9.17, 15) is 14.7 Å². The molecule has 1 unspecified atom stereocenters. The Hall–Kier alpha value is -2.12. The van der Waals surface area contributed by atoms with Gasteiger partial charge >= 0.3 is 12.0 Å². The van der Waals surface area contributed by atoms with E-state index in [1.165, 1.54) is 30.2 Å². The van der Waals surface area contributed by atoms with Crippen LogP contribution in [0.4, 0.5) is 10.5 Å². The van der Waals surface area contributed by atoms with Crippen LogP contribution in [0.3, 0.4) is 0 Å². The number of carbonyl (C=O) groups is 2. The lowest BCUT2D eigenvalue weighted by Gasteiger charge is -2.21. The van der Waals surface area contributed by atoms with Crippen molar-refractivity contribution in [2.75, 3.05) is 32.6 Å². The number of rotatable bonds is 6. The van der Waals surface area contributed by atoms with Gasteiger partial charge in [0.1, 0.15) is 0 Å². The molecule has 0 aliphatic carbocycles. The maximum Gasteiger partial charge on any atom is 0.335 e. The molecule has 1 aromatic carbocycles. The molecule has 0 bridgehead atoms. The van der Waals surface area contributed by atoms with Gasteiger partial charge in [-0.1, -0.05) is 0 Å². The molecule has 0 radical (unpaired) electrons. The average Bonchev–Trinajstić information content (AvgIpc) is 2.40. The number of aliphatic hydroxyl groups is 1. The van der Waals surface area contributed by atoms with E-state index < -0.39 is 18.1 Å². The molecule has 0 fully saturated rings. The number of aromatic carboxylic acids is 1. The molecule has 0 aliphatic heterocycles. The van der Waals surface area contributed by atoms with Gasteiger partial charge in [0, 0.05) is 19.8 Å². The molecule has 0 spiro atoms. The fraction of sp³-hybridized carbons (Fsp3) is 0.429. The van der Waals surface area contributed by atoms with Crippen LogP contribution in [0.5, 0.6) is 0 Å². The van der Waals surface area contributed by atoms with Gasteiger partial charge in [-0.3, -0.25) is 0 Å². The summed E-state index contributed by atoms with van der Waals surface area (Å²) < 4.78 is 4.79. The predicted molar refractivity (Wildman–Crippen MR) is 77.7 cm³/mol. The van der Waals surface area contributed by atoms with E-state index in [1.54, 1.807) is 14.0 Å². The Kier molecular flexibility index (Phi) is 6.13. The van der Waals surface area contributed by atoms with Crippen LogP contribution in [-0.2, 0) is 4.74 Å². The molecule has 3 N–H and O–H groups in total. The minimum Gasteiger partial charge on any atom is -0.478 e. The zero-order valence-corrected chi connectivity index (χ0v) is 12.3. The zero-order chi connectivity index (χ0) is 16.0. The van der Waals surface area contributed by atoms with E-state index in [4.69, 9.17) is 9.84 Å². The van der Waals surface area contributed by atoms with E-state index in [1.807, 2.05) is 0 Å². The number of hydrogen-bond donors (Lipinski definition) is 3. The van der Waals surface area contributed by atoms with Gasteiger partial charge in [-0.25, -0.2) is 9.59 Å². The lowest BCUT2D eigenvalue weighted by Crippen LogP contribution is -2.38. The van der Waals surface area contributed by atoms with Crippen molar-refractivity contribution in [3.8, 4) is 0 Å². The van der Waals surface area contributed by atoms with Crippen LogP contribution < -0.4 is 5.32 Å². The standard InChI is InChI=1S/C14H20N2O5/c1-9-6-10(13(18)19)4-5-12(9)15-14(20)16(2)7-11(17)8-21-3/h4-6,11,17H,7-8H2,1-3H3,(H,15,20)(H,18,19). The van der Waals surface area contributed by atoms with Crippen molar-refractivity contribution < 1.29 is 24.5 Å². The van der Waals surface area contributed by atoms with Crippen molar-refractivity contribution in [3.05, 3.63) is 29.3 Å². The molecule has 116 valence electrons. The Morgan fingerprint density at radius 2 is 2.10 bits per heavy atom. The van der Waals surface area contributed by atoms with Crippen molar-refractivity contribution in [1.29, 1.82) is 0 Å². The van der Waals surface area contributed by atoms with Crippen LogP contribution in [0, 0.1) is 6.92 Å². The maximum absolute atomic E-state index is 12.0. The van der Waals surface area contributed by atoms with Crippen molar-refractivity contribution in [1.82, 2.24) is 4.90 Å². The summed E-state index contributed by atoms with van der Waals surface area (Å²) in [6, 6.07) is 4.05. The van der Waals surface area contributed by atoms with E-state index in [0.29, 0.717) is 11.3 Å². The van der Waals surface area contributed by atoms with E-state index in [2.05, 4.69) is 5.32 Å². The molecule has 1 aromatic rings. The van der Waals surface area contributed by atoms with Crippen molar-refractivity contribution in [2.24, 2.45) is 0 Å². The van der Waals surface area contributed by atoms with E-state index >= 15 is 0 Å². The Labute approximate surface area is 123 Å². The number of carbonyl (C=O) groups excluding carboxylic acids is 1. The lowest BCUT2D eigenvalue weighted by molar-refractivity contribution is 0.0501. The topological polar surface area (TPSA) is 99.1 Å². The normalized spacial score (nSPS) is 11.8. The Morgan fingerprint density at radius 1 is 1.43 bits per heavy atom. The molecule has 2 amide bonds. The van der Waals surface area contributed by atoms with Gasteiger partial charge in [-0.15, -0.1) is 0 Å². The number of nitrogens with zero attached hydrogens (tertiary/aromatic N) is 1. The molecule has 0 aliphatic rings. The van der Waals surface area contributed by atoms with Crippen LogP contribution >= 0.6 is 0 Å². The smallest absolute Gasteiger partial charge is 0.335 e. The molecule has 0 saturated heterocycles. The number of carboxylic acids is 1. The molecule has 0 aromatic heterocycles. The van der Waals surface area contributed by atoms with Gasteiger partial charge in [-0.05, 0) is 30.7 Å². The fourth-order valence-corrected chi connectivity index (χ4v) is 1.79. The second kappa shape index (κ2) is 7.61. The number of carboxylic acid groups (broad SMARTS) is 1. The van der Waals surface area contributed by atoms with Gasteiger partial charge in [0.15, 0.2) is 0 Å².